The van der Waals surface area contributed by atoms with Gasteiger partial charge in [-0.1, -0.05) is 36.4 Å². The Labute approximate surface area is 252 Å². The number of aryl methyl sites for hydroxylation is 3. The van der Waals surface area contributed by atoms with E-state index < -0.39 is 10.0 Å². The van der Waals surface area contributed by atoms with Crippen LogP contribution in [0.3, 0.4) is 0 Å². The van der Waals surface area contributed by atoms with Crippen LogP contribution < -0.4 is 10.1 Å². The minimum Gasteiger partial charge on any atom is -0.472 e. The molecule has 10 nitrogen and oxygen atoms in total. The number of rotatable bonds is 9. The summed E-state index contributed by atoms with van der Waals surface area (Å²) in [5, 5.41) is 11.9. The molecule has 1 saturated carbocycles. The van der Waals surface area contributed by atoms with Gasteiger partial charge in [-0.3, -0.25) is 4.79 Å². The zero-order chi connectivity index (χ0) is 30.3. The molecule has 3 heterocycles. The normalized spacial score (nSPS) is 18.9. The first-order valence-corrected chi connectivity index (χ1v) is 16.5. The molecule has 226 valence electrons. The van der Waals surface area contributed by atoms with Gasteiger partial charge >= 0.3 is 0 Å². The Morgan fingerprint density at radius 1 is 1.14 bits per heavy atom. The second kappa shape index (κ2) is 11.7. The first-order valence-electron chi connectivity index (χ1n) is 15.0. The van der Waals surface area contributed by atoms with Gasteiger partial charge in [0.15, 0.2) is 0 Å². The van der Waals surface area contributed by atoms with Crippen molar-refractivity contribution in [2.24, 2.45) is 0 Å². The predicted octanol–water partition coefficient (Wildman–Crippen LogP) is 4.63. The molecule has 1 aliphatic heterocycles. The molecule has 1 aliphatic carbocycles. The van der Waals surface area contributed by atoms with E-state index in [0.717, 1.165) is 51.7 Å². The third-order valence-corrected chi connectivity index (χ3v) is 10.4. The van der Waals surface area contributed by atoms with Crippen LogP contribution in [0.5, 0.6) is 5.88 Å². The van der Waals surface area contributed by atoms with Crippen molar-refractivity contribution in [3.05, 3.63) is 76.5 Å². The molecule has 2 aliphatic rings. The molecule has 0 unspecified atom stereocenters. The van der Waals surface area contributed by atoms with E-state index >= 15 is 0 Å². The number of hydrogen-bond donors (Lipinski definition) is 1. The summed E-state index contributed by atoms with van der Waals surface area (Å²) in [5.74, 6) is -0.0879. The third-order valence-electron chi connectivity index (χ3n) is 8.61. The Hall–Kier alpha value is -3.83. The summed E-state index contributed by atoms with van der Waals surface area (Å²) in [6, 6.07) is 13.7. The van der Waals surface area contributed by atoms with E-state index in [1.54, 1.807) is 18.3 Å². The fourth-order valence-electron chi connectivity index (χ4n) is 5.85. The standard InChI is InChI=1S/C32H38N6O4S/c1-5-25-19-37(43(40,41)29-8-7-15-33-32(29)42-25)18-23-16-22(10-9-20(23)3)27(17-30(39)34-24-11-12-24)26-13-14-28-31(21(26)4)35-36-38(28)6-2/h7-10,13-16,24-25,27H,5-6,11-12,17-19H2,1-4H3,(H,34,39)/t25-,27+/m1/s1. The summed E-state index contributed by atoms with van der Waals surface area (Å²) >= 11 is 0. The van der Waals surface area contributed by atoms with Crippen molar-refractivity contribution in [3.8, 4) is 5.88 Å². The van der Waals surface area contributed by atoms with Gasteiger partial charge in [0.05, 0.1) is 12.1 Å². The monoisotopic (exact) mass is 602 g/mol. The lowest BCUT2D eigenvalue weighted by atomic mass is 9.84. The Morgan fingerprint density at radius 2 is 1.95 bits per heavy atom. The average molecular weight is 603 g/mol. The Morgan fingerprint density at radius 3 is 2.70 bits per heavy atom. The van der Waals surface area contributed by atoms with Crippen LogP contribution >= 0.6 is 0 Å². The molecule has 0 bridgehead atoms. The van der Waals surface area contributed by atoms with E-state index in [2.05, 4.69) is 38.8 Å². The lowest BCUT2D eigenvalue weighted by Crippen LogP contribution is -2.36. The van der Waals surface area contributed by atoms with E-state index in [9.17, 15) is 13.2 Å². The van der Waals surface area contributed by atoms with Crippen molar-refractivity contribution in [1.29, 1.82) is 0 Å². The van der Waals surface area contributed by atoms with Gasteiger partial charge in [-0.2, -0.15) is 4.31 Å². The van der Waals surface area contributed by atoms with Crippen molar-refractivity contribution < 1.29 is 17.9 Å². The Kier molecular flexibility index (Phi) is 7.95. The number of hydrogen-bond acceptors (Lipinski definition) is 7. The van der Waals surface area contributed by atoms with Crippen LogP contribution in [-0.2, 0) is 27.9 Å². The van der Waals surface area contributed by atoms with Gasteiger partial charge in [-0.05, 0) is 86.1 Å². The van der Waals surface area contributed by atoms with Crippen molar-refractivity contribution in [2.75, 3.05) is 6.54 Å². The maximum Gasteiger partial charge on any atom is 0.248 e. The van der Waals surface area contributed by atoms with Crippen LogP contribution in [-0.4, -0.2) is 57.3 Å². The predicted molar refractivity (Wildman–Crippen MR) is 163 cm³/mol. The summed E-state index contributed by atoms with van der Waals surface area (Å²) in [5.41, 5.74) is 6.60. The van der Waals surface area contributed by atoms with Crippen molar-refractivity contribution in [3.63, 3.8) is 0 Å². The first kappa shape index (κ1) is 29.3. The zero-order valence-electron chi connectivity index (χ0n) is 25.1. The topological polar surface area (TPSA) is 119 Å². The number of nitrogens with zero attached hydrogens (tertiary/aromatic N) is 5. The van der Waals surface area contributed by atoms with Gasteiger partial charge in [-0.25, -0.2) is 18.1 Å². The number of sulfonamides is 1. The van der Waals surface area contributed by atoms with Crippen LogP contribution in [0.15, 0.2) is 53.6 Å². The van der Waals surface area contributed by atoms with Gasteiger partial charge in [0.25, 0.3) is 0 Å². The fraction of sp³-hybridized carbons (Fsp3) is 0.438. The molecule has 43 heavy (non-hydrogen) atoms. The van der Waals surface area contributed by atoms with Crippen molar-refractivity contribution in [2.45, 2.75) is 89.4 Å². The first-order chi connectivity index (χ1) is 20.7. The maximum atomic E-state index is 13.8. The second-order valence-corrected chi connectivity index (χ2v) is 13.5. The van der Waals surface area contributed by atoms with Crippen molar-refractivity contribution >= 4 is 27.0 Å². The summed E-state index contributed by atoms with van der Waals surface area (Å²) in [4.78, 5) is 17.5. The number of amides is 1. The molecule has 6 rings (SSSR count). The lowest BCUT2D eigenvalue weighted by molar-refractivity contribution is -0.121. The number of pyridine rings is 1. The molecule has 1 fully saturated rings. The summed E-state index contributed by atoms with van der Waals surface area (Å²) < 4.78 is 37.0. The van der Waals surface area contributed by atoms with E-state index in [1.165, 1.54) is 4.31 Å². The molecule has 11 heteroatoms. The minimum absolute atomic E-state index is 0.00785. The van der Waals surface area contributed by atoms with Crippen LogP contribution in [0.1, 0.15) is 73.3 Å². The number of carbonyl (C=O) groups excluding carboxylic acids is 1. The quantitative estimate of drug-likeness (QED) is 0.297. The average Bonchev–Trinajstić information content (AvgIpc) is 3.72. The summed E-state index contributed by atoms with van der Waals surface area (Å²) in [6.45, 7) is 9.15. The SMILES string of the molecule is CC[C@@H]1CN(Cc2cc([C@H](CC(=O)NC3CC3)c3ccc4c(nnn4CC)c3C)ccc2C)S(=O)(=O)c2cccnc2O1. The fourth-order valence-corrected chi connectivity index (χ4v) is 7.37. The van der Waals surface area contributed by atoms with Gasteiger partial charge in [0.1, 0.15) is 16.5 Å². The Balaban J connectivity index is 1.39. The number of carbonyl (C=O) groups is 1. The smallest absolute Gasteiger partial charge is 0.248 e. The summed E-state index contributed by atoms with van der Waals surface area (Å²) in [6.07, 6.45) is 4.18. The Bertz CT molecular complexity index is 1780. The van der Waals surface area contributed by atoms with E-state index in [1.807, 2.05) is 44.5 Å². The molecule has 0 radical (unpaired) electrons. The van der Waals surface area contributed by atoms with Gasteiger partial charge in [0, 0.05) is 37.7 Å². The molecule has 0 spiro atoms. The third kappa shape index (κ3) is 5.75. The molecular weight excluding hydrogens is 564 g/mol. The molecule has 1 N–H and O–H groups in total. The number of ether oxygens (including phenoxy) is 1. The van der Waals surface area contributed by atoms with Crippen LogP contribution in [0, 0.1) is 13.8 Å². The van der Waals surface area contributed by atoms with Crippen LogP contribution in [0.4, 0.5) is 0 Å². The van der Waals surface area contributed by atoms with Gasteiger partial charge < -0.3 is 10.1 Å². The lowest BCUT2D eigenvalue weighted by Gasteiger charge is -2.25. The molecule has 4 aromatic rings. The molecule has 0 saturated heterocycles. The number of benzene rings is 2. The number of fused-ring (bicyclic) bond motifs is 2. The molecule has 2 atom stereocenters. The highest BCUT2D eigenvalue weighted by Crippen LogP contribution is 2.36. The number of aromatic nitrogens is 4. The van der Waals surface area contributed by atoms with Crippen LogP contribution in [0.2, 0.25) is 0 Å². The highest BCUT2D eigenvalue weighted by atomic mass is 32.2. The second-order valence-electron chi connectivity index (χ2n) is 11.6. The summed E-state index contributed by atoms with van der Waals surface area (Å²) in [7, 11) is -3.86. The molecule has 2 aromatic heterocycles. The van der Waals surface area contributed by atoms with Crippen molar-refractivity contribution in [1.82, 2.24) is 29.6 Å². The molecule has 1 amide bonds. The van der Waals surface area contributed by atoms with Gasteiger partial charge in [-0.15, -0.1) is 5.10 Å². The maximum absolute atomic E-state index is 13.8. The van der Waals surface area contributed by atoms with Crippen LogP contribution in [0.25, 0.3) is 11.0 Å². The largest absolute Gasteiger partial charge is 0.472 e. The molecule has 2 aromatic carbocycles. The minimum atomic E-state index is -3.86. The highest BCUT2D eigenvalue weighted by molar-refractivity contribution is 7.89. The van der Waals surface area contributed by atoms with E-state index in [-0.39, 0.29) is 54.3 Å². The zero-order valence-corrected chi connectivity index (χ0v) is 25.9. The van der Waals surface area contributed by atoms with E-state index in [4.69, 9.17) is 4.74 Å². The number of nitrogens with one attached hydrogen (secondary N) is 1. The van der Waals surface area contributed by atoms with E-state index in [0.29, 0.717) is 13.0 Å². The highest BCUT2D eigenvalue weighted by Gasteiger charge is 2.35. The molecular formula is C32H38N6O4S. The van der Waals surface area contributed by atoms with Gasteiger partial charge in [0.2, 0.25) is 21.8 Å².